The SMILES string of the molecule is CCOC(=O)Cc1c(C(F)F)cc(I)nc1CN. The summed E-state index contributed by atoms with van der Waals surface area (Å²) >= 11 is 1.84. The normalized spacial score (nSPS) is 10.8. The van der Waals surface area contributed by atoms with Crippen LogP contribution in [0.4, 0.5) is 8.78 Å². The van der Waals surface area contributed by atoms with E-state index >= 15 is 0 Å². The molecule has 0 aromatic carbocycles. The molecule has 0 saturated carbocycles. The number of pyridine rings is 1. The van der Waals surface area contributed by atoms with E-state index in [2.05, 4.69) is 4.98 Å². The highest BCUT2D eigenvalue weighted by Gasteiger charge is 2.20. The Morgan fingerprint density at radius 3 is 2.78 bits per heavy atom. The Balaban J connectivity index is 3.16. The molecule has 0 amide bonds. The Kier molecular flexibility index (Phi) is 5.86. The fraction of sp³-hybridized carbons (Fsp3) is 0.455. The Morgan fingerprint density at radius 2 is 2.28 bits per heavy atom. The minimum Gasteiger partial charge on any atom is -0.466 e. The third-order valence-electron chi connectivity index (χ3n) is 2.27. The second kappa shape index (κ2) is 6.93. The number of nitrogens with zero attached hydrogens (tertiary/aromatic N) is 1. The van der Waals surface area contributed by atoms with E-state index in [0.717, 1.165) is 0 Å². The molecule has 0 aliphatic carbocycles. The van der Waals surface area contributed by atoms with Gasteiger partial charge in [-0.1, -0.05) is 0 Å². The molecule has 7 heteroatoms. The number of aromatic nitrogens is 1. The maximum atomic E-state index is 12.9. The Hall–Kier alpha value is -0.830. The van der Waals surface area contributed by atoms with Crippen molar-refractivity contribution >= 4 is 28.6 Å². The Labute approximate surface area is 117 Å². The van der Waals surface area contributed by atoms with E-state index in [0.29, 0.717) is 9.39 Å². The summed E-state index contributed by atoms with van der Waals surface area (Å²) < 4.78 is 31.1. The smallest absolute Gasteiger partial charge is 0.310 e. The second-order valence-electron chi connectivity index (χ2n) is 3.45. The molecular weight excluding hydrogens is 357 g/mol. The molecule has 100 valence electrons. The number of hydrogen-bond acceptors (Lipinski definition) is 4. The first-order valence-corrected chi connectivity index (χ1v) is 6.39. The molecule has 0 aliphatic rings. The van der Waals surface area contributed by atoms with E-state index in [4.69, 9.17) is 10.5 Å². The number of alkyl halides is 2. The van der Waals surface area contributed by atoms with Crippen LogP contribution in [0.2, 0.25) is 0 Å². The number of carbonyl (C=O) groups is 1. The molecule has 1 rings (SSSR count). The molecule has 0 saturated heterocycles. The van der Waals surface area contributed by atoms with Crippen molar-refractivity contribution in [1.82, 2.24) is 4.98 Å². The van der Waals surface area contributed by atoms with Gasteiger partial charge >= 0.3 is 5.97 Å². The molecule has 0 radical (unpaired) electrons. The van der Waals surface area contributed by atoms with Gasteiger partial charge in [-0.05, 0) is 41.1 Å². The molecule has 0 aliphatic heterocycles. The zero-order valence-electron chi connectivity index (χ0n) is 9.75. The largest absolute Gasteiger partial charge is 0.466 e. The topological polar surface area (TPSA) is 65.2 Å². The van der Waals surface area contributed by atoms with Crippen LogP contribution in [0.3, 0.4) is 0 Å². The third kappa shape index (κ3) is 3.84. The lowest BCUT2D eigenvalue weighted by molar-refractivity contribution is -0.142. The maximum absolute atomic E-state index is 12.9. The molecule has 1 heterocycles. The summed E-state index contributed by atoms with van der Waals surface area (Å²) in [7, 11) is 0. The molecule has 2 N–H and O–H groups in total. The highest BCUT2D eigenvalue weighted by Crippen LogP contribution is 2.27. The molecule has 0 spiro atoms. The molecule has 18 heavy (non-hydrogen) atoms. The van der Waals surface area contributed by atoms with Crippen LogP contribution in [0.15, 0.2) is 6.07 Å². The maximum Gasteiger partial charge on any atom is 0.310 e. The zero-order chi connectivity index (χ0) is 13.7. The molecule has 1 aromatic heterocycles. The molecule has 1 aromatic rings. The fourth-order valence-corrected chi connectivity index (χ4v) is 2.16. The summed E-state index contributed by atoms with van der Waals surface area (Å²) in [6, 6.07) is 1.26. The van der Waals surface area contributed by atoms with Gasteiger partial charge in [0.15, 0.2) is 0 Å². The van der Waals surface area contributed by atoms with Crippen LogP contribution >= 0.6 is 22.6 Å². The van der Waals surface area contributed by atoms with Crippen molar-refractivity contribution in [3.05, 3.63) is 26.6 Å². The number of hydrogen-bond donors (Lipinski definition) is 1. The number of carbonyl (C=O) groups excluding carboxylic acids is 1. The van der Waals surface area contributed by atoms with Gasteiger partial charge in [0.05, 0.1) is 18.7 Å². The van der Waals surface area contributed by atoms with Gasteiger partial charge in [-0.2, -0.15) is 0 Å². The van der Waals surface area contributed by atoms with Gasteiger partial charge in [-0.3, -0.25) is 4.79 Å². The summed E-state index contributed by atoms with van der Waals surface area (Å²) in [5, 5.41) is 0. The monoisotopic (exact) mass is 370 g/mol. The van der Waals surface area contributed by atoms with Gasteiger partial charge in [0.2, 0.25) is 0 Å². The van der Waals surface area contributed by atoms with E-state index in [1.54, 1.807) is 6.92 Å². The van der Waals surface area contributed by atoms with Crippen molar-refractivity contribution in [3.8, 4) is 0 Å². The predicted molar refractivity (Wildman–Crippen MR) is 70.1 cm³/mol. The van der Waals surface area contributed by atoms with Gasteiger partial charge in [-0.25, -0.2) is 13.8 Å². The number of rotatable bonds is 5. The number of nitrogens with two attached hydrogens (primary N) is 1. The summed E-state index contributed by atoms with van der Waals surface area (Å²) in [6.45, 7) is 1.87. The van der Waals surface area contributed by atoms with E-state index in [9.17, 15) is 13.6 Å². The van der Waals surface area contributed by atoms with Crippen LogP contribution in [-0.2, 0) is 22.5 Å². The van der Waals surface area contributed by atoms with E-state index in [1.165, 1.54) is 6.07 Å². The third-order valence-corrected chi connectivity index (χ3v) is 2.82. The number of ether oxygens (including phenoxy) is 1. The van der Waals surface area contributed by atoms with Crippen LogP contribution in [0.5, 0.6) is 0 Å². The highest BCUT2D eigenvalue weighted by atomic mass is 127. The van der Waals surface area contributed by atoms with Crippen molar-refractivity contribution < 1.29 is 18.3 Å². The second-order valence-corrected chi connectivity index (χ2v) is 4.55. The standard InChI is InChI=1S/C11H13F2IN2O2/c1-2-18-10(17)4-6-7(11(12)13)3-9(14)16-8(6)5-15/h3,11H,2,4-5,15H2,1H3. The molecule has 0 atom stereocenters. The summed E-state index contributed by atoms with van der Waals surface area (Å²) in [5.74, 6) is -0.558. The van der Waals surface area contributed by atoms with Crippen molar-refractivity contribution in [1.29, 1.82) is 0 Å². The molecule has 0 bridgehead atoms. The average Bonchev–Trinajstić information content (AvgIpc) is 2.30. The fourth-order valence-electron chi connectivity index (χ4n) is 1.53. The minimum absolute atomic E-state index is 0.00526. The van der Waals surface area contributed by atoms with Crippen molar-refractivity contribution in [3.63, 3.8) is 0 Å². The molecule has 4 nitrogen and oxygen atoms in total. The van der Waals surface area contributed by atoms with Crippen LogP contribution < -0.4 is 5.73 Å². The summed E-state index contributed by atoms with van der Waals surface area (Å²) in [6.07, 6.45) is -2.90. The van der Waals surface area contributed by atoms with Gasteiger partial charge in [0.25, 0.3) is 6.43 Å². The molecule has 0 unspecified atom stereocenters. The van der Waals surface area contributed by atoms with E-state index in [1.807, 2.05) is 22.6 Å². The van der Waals surface area contributed by atoms with Crippen LogP contribution in [0.1, 0.15) is 30.2 Å². The van der Waals surface area contributed by atoms with Crippen LogP contribution in [-0.4, -0.2) is 17.6 Å². The van der Waals surface area contributed by atoms with Gasteiger partial charge in [0.1, 0.15) is 3.70 Å². The van der Waals surface area contributed by atoms with Gasteiger partial charge in [-0.15, -0.1) is 0 Å². The van der Waals surface area contributed by atoms with Crippen LogP contribution in [0, 0.1) is 3.70 Å². The highest BCUT2D eigenvalue weighted by molar-refractivity contribution is 14.1. The summed E-state index contributed by atoms with van der Waals surface area (Å²) in [5.41, 5.74) is 5.75. The van der Waals surface area contributed by atoms with Crippen molar-refractivity contribution in [2.75, 3.05) is 6.61 Å². The minimum atomic E-state index is -2.67. The summed E-state index contributed by atoms with van der Waals surface area (Å²) in [4.78, 5) is 15.5. The van der Waals surface area contributed by atoms with Crippen molar-refractivity contribution in [2.24, 2.45) is 5.73 Å². The van der Waals surface area contributed by atoms with E-state index in [-0.39, 0.29) is 30.7 Å². The number of esters is 1. The lowest BCUT2D eigenvalue weighted by atomic mass is 10.0. The van der Waals surface area contributed by atoms with Crippen LogP contribution in [0.25, 0.3) is 0 Å². The quantitative estimate of drug-likeness (QED) is 0.490. The Bertz CT molecular complexity index is 441. The molecule has 0 fully saturated rings. The number of halogens is 3. The lowest BCUT2D eigenvalue weighted by Crippen LogP contribution is -2.15. The lowest BCUT2D eigenvalue weighted by Gasteiger charge is -2.13. The van der Waals surface area contributed by atoms with Crippen molar-refractivity contribution in [2.45, 2.75) is 26.3 Å². The first-order chi connectivity index (χ1) is 8.49. The predicted octanol–water partition coefficient (Wildman–Crippen LogP) is 2.19. The Morgan fingerprint density at radius 1 is 1.61 bits per heavy atom. The van der Waals surface area contributed by atoms with Gasteiger partial charge in [0, 0.05) is 12.1 Å². The molecular formula is C11H13F2IN2O2. The zero-order valence-corrected chi connectivity index (χ0v) is 11.9. The van der Waals surface area contributed by atoms with Gasteiger partial charge < -0.3 is 10.5 Å². The first kappa shape index (κ1) is 15.2. The first-order valence-electron chi connectivity index (χ1n) is 5.31. The van der Waals surface area contributed by atoms with E-state index < -0.39 is 12.4 Å². The average molecular weight is 370 g/mol.